The predicted molar refractivity (Wildman–Crippen MR) is 129 cm³/mol. The van der Waals surface area contributed by atoms with Crippen LogP contribution in [-0.4, -0.2) is 22.6 Å². The number of imidazole rings is 1. The molecule has 6 heteroatoms. The smallest absolute Gasteiger partial charge is 0.274 e. The summed E-state index contributed by atoms with van der Waals surface area (Å²) in [5.74, 6) is 1.62. The highest BCUT2D eigenvalue weighted by Crippen LogP contribution is 2.20. The summed E-state index contributed by atoms with van der Waals surface area (Å²) in [5.41, 5.74) is 3.66. The topological polar surface area (TPSA) is 52.8 Å². The van der Waals surface area contributed by atoms with Gasteiger partial charge in [0.15, 0.2) is 4.96 Å². The van der Waals surface area contributed by atoms with Gasteiger partial charge in [0.1, 0.15) is 11.5 Å². The molecule has 0 saturated carbocycles. The van der Waals surface area contributed by atoms with Gasteiger partial charge < -0.3 is 9.47 Å². The van der Waals surface area contributed by atoms with E-state index in [-0.39, 0.29) is 5.56 Å². The van der Waals surface area contributed by atoms with E-state index in [4.69, 9.17) is 9.47 Å². The summed E-state index contributed by atoms with van der Waals surface area (Å²) in [4.78, 5) is 18.3. The highest BCUT2D eigenvalue weighted by Gasteiger charge is 2.11. The van der Waals surface area contributed by atoms with E-state index in [1.54, 1.807) is 4.40 Å². The molecular formula is C26H22N2O3S. The molecule has 0 radical (unpaired) electrons. The summed E-state index contributed by atoms with van der Waals surface area (Å²) >= 11 is 1.39. The lowest BCUT2D eigenvalue weighted by Gasteiger charge is -2.10. The van der Waals surface area contributed by atoms with Crippen LogP contribution in [0.2, 0.25) is 0 Å². The Morgan fingerprint density at radius 3 is 2.69 bits per heavy atom. The van der Waals surface area contributed by atoms with Crippen LogP contribution in [0.1, 0.15) is 17.5 Å². The van der Waals surface area contributed by atoms with Crippen LogP contribution in [0.25, 0.3) is 22.1 Å². The zero-order chi connectivity index (χ0) is 21.9. The van der Waals surface area contributed by atoms with Crippen LogP contribution in [0, 0.1) is 6.92 Å². The zero-order valence-electron chi connectivity index (χ0n) is 17.7. The Bertz CT molecular complexity index is 1500. The van der Waals surface area contributed by atoms with Gasteiger partial charge in [0.05, 0.1) is 28.8 Å². The lowest BCUT2D eigenvalue weighted by molar-refractivity contribution is 0.247. The minimum absolute atomic E-state index is 0.0555. The Hall–Kier alpha value is -3.64. The molecule has 32 heavy (non-hydrogen) atoms. The summed E-state index contributed by atoms with van der Waals surface area (Å²) in [6, 6.07) is 23.5. The molecule has 0 atom stereocenters. The molecule has 0 aliphatic rings. The van der Waals surface area contributed by atoms with Crippen molar-refractivity contribution in [2.24, 2.45) is 0 Å². The summed E-state index contributed by atoms with van der Waals surface area (Å²) < 4.78 is 14.1. The van der Waals surface area contributed by atoms with Gasteiger partial charge >= 0.3 is 0 Å². The van der Waals surface area contributed by atoms with E-state index in [2.05, 4.69) is 4.98 Å². The van der Waals surface area contributed by atoms with Crippen LogP contribution >= 0.6 is 11.3 Å². The third-order valence-corrected chi connectivity index (χ3v) is 6.12. The number of aromatic nitrogens is 2. The highest BCUT2D eigenvalue weighted by molar-refractivity contribution is 7.15. The van der Waals surface area contributed by atoms with Crippen molar-refractivity contribution in [3.8, 4) is 11.5 Å². The monoisotopic (exact) mass is 442 g/mol. The van der Waals surface area contributed by atoms with Crippen molar-refractivity contribution in [2.45, 2.75) is 13.3 Å². The molecule has 3 aromatic carbocycles. The van der Waals surface area contributed by atoms with Crippen molar-refractivity contribution >= 4 is 33.4 Å². The molecule has 160 valence electrons. The Morgan fingerprint density at radius 2 is 1.78 bits per heavy atom. The normalized spacial score (nSPS) is 12.0. The number of rotatable bonds is 7. The minimum Gasteiger partial charge on any atom is -0.493 e. The largest absolute Gasteiger partial charge is 0.493 e. The van der Waals surface area contributed by atoms with Gasteiger partial charge in [0, 0.05) is 12.0 Å². The Labute approximate surface area is 189 Å². The number of thiazole rings is 1. The summed E-state index contributed by atoms with van der Waals surface area (Å²) in [7, 11) is 0. The lowest BCUT2D eigenvalue weighted by Crippen LogP contribution is -2.22. The average Bonchev–Trinajstić information content (AvgIpc) is 3.31. The molecule has 0 amide bonds. The van der Waals surface area contributed by atoms with E-state index in [9.17, 15) is 4.79 Å². The number of ether oxygens (including phenoxy) is 2. The van der Waals surface area contributed by atoms with Crippen molar-refractivity contribution in [2.75, 3.05) is 13.2 Å². The summed E-state index contributed by atoms with van der Waals surface area (Å²) in [6.45, 7) is 3.15. The summed E-state index contributed by atoms with van der Waals surface area (Å²) in [6.07, 6.45) is 2.64. The number of benzene rings is 3. The maximum absolute atomic E-state index is 13.0. The average molecular weight is 443 g/mol. The summed E-state index contributed by atoms with van der Waals surface area (Å²) in [5, 5.41) is 0. The second kappa shape index (κ2) is 8.85. The molecule has 0 aliphatic carbocycles. The second-order valence-corrected chi connectivity index (χ2v) is 8.55. The number of para-hydroxylation sites is 3. The maximum Gasteiger partial charge on any atom is 0.274 e. The molecule has 0 spiro atoms. The maximum atomic E-state index is 13.0. The van der Waals surface area contributed by atoms with Gasteiger partial charge in [-0.25, -0.2) is 9.38 Å². The van der Waals surface area contributed by atoms with E-state index in [1.807, 2.05) is 85.8 Å². The zero-order valence-corrected chi connectivity index (χ0v) is 18.5. The fraction of sp³-hybridized carbons (Fsp3) is 0.154. The van der Waals surface area contributed by atoms with Gasteiger partial charge in [-0.2, -0.15) is 0 Å². The van der Waals surface area contributed by atoms with E-state index < -0.39 is 0 Å². The Balaban J connectivity index is 1.32. The Morgan fingerprint density at radius 1 is 0.969 bits per heavy atom. The first-order chi connectivity index (χ1) is 15.7. The van der Waals surface area contributed by atoms with E-state index in [0.717, 1.165) is 34.5 Å². The van der Waals surface area contributed by atoms with Gasteiger partial charge in [-0.1, -0.05) is 53.8 Å². The van der Waals surface area contributed by atoms with Crippen LogP contribution in [0.5, 0.6) is 11.5 Å². The second-order valence-electron chi connectivity index (χ2n) is 7.54. The molecule has 0 unspecified atom stereocenters. The fourth-order valence-corrected chi connectivity index (χ4v) is 4.60. The first-order valence-electron chi connectivity index (χ1n) is 10.5. The van der Waals surface area contributed by atoms with E-state index >= 15 is 0 Å². The van der Waals surface area contributed by atoms with Crippen LogP contribution in [-0.2, 0) is 0 Å². The first-order valence-corrected chi connectivity index (χ1v) is 11.3. The highest BCUT2D eigenvalue weighted by atomic mass is 32.1. The van der Waals surface area contributed by atoms with Gasteiger partial charge in [0.2, 0.25) is 0 Å². The third-order valence-electron chi connectivity index (χ3n) is 5.16. The lowest BCUT2D eigenvalue weighted by atomic mass is 10.2. The molecule has 5 aromatic rings. The van der Waals surface area contributed by atoms with E-state index in [0.29, 0.717) is 22.7 Å². The minimum atomic E-state index is -0.0555. The van der Waals surface area contributed by atoms with Crippen LogP contribution in [0.15, 0.2) is 77.6 Å². The fourth-order valence-electron chi connectivity index (χ4n) is 3.62. The molecule has 2 aromatic heterocycles. The Kier molecular flexibility index (Phi) is 5.60. The number of hydrogen-bond donors (Lipinski definition) is 0. The van der Waals surface area contributed by atoms with Crippen molar-refractivity contribution in [3.63, 3.8) is 0 Å². The number of fused-ring (bicyclic) bond motifs is 3. The molecule has 5 nitrogen and oxygen atoms in total. The van der Waals surface area contributed by atoms with Crippen molar-refractivity contribution in [3.05, 3.63) is 98.8 Å². The number of nitrogens with zero attached hydrogens (tertiary/aromatic N) is 2. The van der Waals surface area contributed by atoms with Crippen LogP contribution in [0.3, 0.4) is 0 Å². The molecule has 0 aliphatic heterocycles. The van der Waals surface area contributed by atoms with Gasteiger partial charge in [-0.3, -0.25) is 4.79 Å². The van der Waals surface area contributed by atoms with Crippen molar-refractivity contribution < 1.29 is 9.47 Å². The molecule has 0 saturated heterocycles. The molecule has 5 rings (SSSR count). The number of aryl methyl sites for hydroxylation is 1. The first kappa shape index (κ1) is 20.3. The molecule has 0 fully saturated rings. The van der Waals surface area contributed by atoms with Crippen molar-refractivity contribution in [1.29, 1.82) is 0 Å². The van der Waals surface area contributed by atoms with Gasteiger partial charge in [-0.05, 0) is 48.9 Å². The quantitative estimate of drug-likeness (QED) is 0.345. The SMILES string of the molecule is Cc1cccc(OCCCOc2ccccc2/C=c2\sc3nc4ccccc4n3c2=O)c1. The predicted octanol–water partition coefficient (Wildman–Crippen LogP) is 4.61. The van der Waals surface area contributed by atoms with Crippen LogP contribution < -0.4 is 19.6 Å². The molecule has 2 heterocycles. The molecule has 0 bridgehead atoms. The number of hydrogen-bond acceptors (Lipinski definition) is 5. The van der Waals surface area contributed by atoms with Gasteiger partial charge in [0.25, 0.3) is 5.56 Å². The van der Waals surface area contributed by atoms with Crippen LogP contribution in [0.4, 0.5) is 0 Å². The van der Waals surface area contributed by atoms with Crippen molar-refractivity contribution in [1.82, 2.24) is 9.38 Å². The molecular weight excluding hydrogens is 420 g/mol. The van der Waals surface area contributed by atoms with E-state index in [1.165, 1.54) is 16.9 Å². The standard InChI is InChI=1S/C26H22N2O3S/c1-18-8-6-10-20(16-18)30-14-7-15-31-23-13-5-2-9-19(23)17-24-25(29)28-22-12-4-3-11-21(22)27-26(28)32-24/h2-6,8-13,16-17H,7,14-15H2,1H3/b24-17-. The third kappa shape index (κ3) is 4.09. The molecule has 0 N–H and O–H groups in total. The van der Waals surface area contributed by atoms with Gasteiger partial charge in [-0.15, -0.1) is 0 Å².